The molecule has 0 aromatic rings. The van der Waals surface area contributed by atoms with Crippen LogP contribution in [0.15, 0.2) is 12.2 Å². The van der Waals surface area contributed by atoms with Gasteiger partial charge in [-0.05, 0) is 32.2 Å². The first kappa shape index (κ1) is 11.7. The molecule has 0 rings (SSSR count). The van der Waals surface area contributed by atoms with Gasteiger partial charge in [0.15, 0.2) is 0 Å². The average molecular weight is 169 g/mol. The minimum absolute atomic E-state index is 0.609. The molecule has 0 amide bonds. The van der Waals surface area contributed by atoms with Gasteiger partial charge in [-0.1, -0.05) is 26.3 Å². The largest absolute Gasteiger partial charge is 0.314 e. The van der Waals surface area contributed by atoms with Crippen LogP contribution < -0.4 is 5.32 Å². The molecular formula is C11H23N. The number of nitrogens with one attached hydrogen (secondary N) is 1. The van der Waals surface area contributed by atoms with Crippen LogP contribution in [-0.2, 0) is 0 Å². The zero-order valence-corrected chi connectivity index (χ0v) is 8.98. The van der Waals surface area contributed by atoms with Crippen LogP contribution in [0.25, 0.3) is 0 Å². The minimum Gasteiger partial charge on any atom is -0.314 e. The second kappa shape index (κ2) is 6.24. The van der Waals surface area contributed by atoms with Crippen molar-refractivity contribution in [2.24, 2.45) is 5.92 Å². The normalized spacial score (nSPS) is 13.4. The van der Waals surface area contributed by atoms with E-state index in [0.29, 0.717) is 6.04 Å². The van der Waals surface area contributed by atoms with Gasteiger partial charge in [-0.2, -0.15) is 0 Å². The molecule has 0 bridgehead atoms. The van der Waals surface area contributed by atoms with Crippen molar-refractivity contribution in [1.29, 1.82) is 0 Å². The van der Waals surface area contributed by atoms with E-state index in [-0.39, 0.29) is 0 Å². The van der Waals surface area contributed by atoms with E-state index in [2.05, 4.69) is 39.6 Å². The fourth-order valence-corrected chi connectivity index (χ4v) is 1.03. The molecule has 0 aromatic heterocycles. The summed E-state index contributed by atoms with van der Waals surface area (Å²) in [6, 6.07) is 0.609. The SMILES string of the molecule is C=C(C)CCC(C)CNC(C)C. The van der Waals surface area contributed by atoms with E-state index < -0.39 is 0 Å². The fraction of sp³-hybridized carbons (Fsp3) is 0.818. The third-order valence-electron chi connectivity index (χ3n) is 1.94. The van der Waals surface area contributed by atoms with Crippen LogP contribution in [0.1, 0.15) is 40.5 Å². The van der Waals surface area contributed by atoms with Crippen LogP contribution >= 0.6 is 0 Å². The topological polar surface area (TPSA) is 12.0 Å². The molecule has 12 heavy (non-hydrogen) atoms. The smallest absolute Gasteiger partial charge is 0.00104 e. The summed E-state index contributed by atoms with van der Waals surface area (Å²) in [5, 5.41) is 3.44. The molecule has 0 spiro atoms. The highest BCUT2D eigenvalue weighted by Gasteiger charge is 2.02. The summed E-state index contributed by atoms with van der Waals surface area (Å²) in [6.07, 6.45) is 2.43. The van der Waals surface area contributed by atoms with Gasteiger partial charge < -0.3 is 5.32 Å². The van der Waals surface area contributed by atoms with Gasteiger partial charge in [0.05, 0.1) is 0 Å². The van der Waals surface area contributed by atoms with Crippen molar-refractivity contribution in [2.75, 3.05) is 6.54 Å². The Kier molecular flexibility index (Phi) is 6.09. The Morgan fingerprint density at radius 2 is 1.92 bits per heavy atom. The minimum atomic E-state index is 0.609. The molecule has 1 unspecified atom stereocenters. The van der Waals surface area contributed by atoms with Crippen molar-refractivity contribution in [3.05, 3.63) is 12.2 Å². The third-order valence-corrected chi connectivity index (χ3v) is 1.94. The predicted molar refractivity (Wildman–Crippen MR) is 56.4 cm³/mol. The number of hydrogen-bond acceptors (Lipinski definition) is 1. The second-order valence-electron chi connectivity index (χ2n) is 4.16. The summed E-state index contributed by atoms with van der Waals surface area (Å²) in [7, 11) is 0. The van der Waals surface area contributed by atoms with Gasteiger partial charge in [0.1, 0.15) is 0 Å². The van der Waals surface area contributed by atoms with E-state index in [4.69, 9.17) is 0 Å². The van der Waals surface area contributed by atoms with Crippen molar-refractivity contribution in [2.45, 2.75) is 46.6 Å². The predicted octanol–water partition coefficient (Wildman–Crippen LogP) is 2.98. The number of hydrogen-bond donors (Lipinski definition) is 1. The lowest BCUT2D eigenvalue weighted by Gasteiger charge is -2.14. The van der Waals surface area contributed by atoms with Crippen molar-refractivity contribution < 1.29 is 0 Å². The van der Waals surface area contributed by atoms with Crippen LogP contribution in [0.4, 0.5) is 0 Å². The van der Waals surface area contributed by atoms with Gasteiger partial charge in [0.25, 0.3) is 0 Å². The fourth-order valence-electron chi connectivity index (χ4n) is 1.03. The maximum Gasteiger partial charge on any atom is 0.00104 e. The molecule has 0 saturated carbocycles. The lowest BCUT2D eigenvalue weighted by atomic mass is 10.0. The highest BCUT2D eigenvalue weighted by atomic mass is 14.9. The summed E-state index contributed by atoms with van der Waals surface area (Å²) in [5.74, 6) is 0.768. The van der Waals surface area contributed by atoms with Gasteiger partial charge in [0, 0.05) is 6.04 Å². The van der Waals surface area contributed by atoms with Gasteiger partial charge >= 0.3 is 0 Å². The van der Waals surface area contributed by atoms with Crippen molar-refractivity contribution in [1.82, 2.24) is 5.32 Å². The van der Waals surface area contributed by atoms with E-state index in [1.807, 2.05) is 0 Å². The Balaban J connectivity index is 3.33. The molecule has 72 valence electrons. The lowest BCUT2D eigenvalue weighted by Crippen LogP contribution is -2.27. The van der Waals surface area contributed by atoms with Gasteiger partial charge in [-0.25, -0.2) is 0 Å². The molecule has 0 aromatic carbocycles. The summed E-state index contributed by atoms with van der Waals surface area (Å²) >= 11 is 0. The zero-order valence-electron chi connectivity index (χ0n) is 8.98. The first-order chi connectivity index (χ1) is 5.52. The first-order valence-electron chi connectivity index (χ1n) is 4.90. The molecule has 1 nitrogen and oxygen atoms in total. The van der Waals surface area contributed by atoms with Crippen LogP contribution in [0.5, 0.6) is 0 Å². The van der Waals surface area contributed by atoms with E-state index in [1.165, 1.54) is 18.4 Å². The quantitative estimate of drug-likeness (QED) is 0.603. The maximum atomic E-state index is 3.90. The molecular weight excluding hydrogens is 146 g/mol. The van der Waals surface area contributed by atoms with Gasteiger partial charge in [0.2, 0.25) is 0 Å². The Labute approximate surface area is 77.2 Å². The van der Waals surface area contributed by atoms with Gasteiger partial charge in [-0.15, -0.1) is 6.58 Å². The van der Waals surface area contributed by atoms with Crippen LogP contribution in [0.2, 0.25) is 0 Å². The molecule has 0 aliphatic carbocycles. The molecule has 0 fully saturated rings. The van der Waals surface area contributed by atoms with E-state index in [1.54, 1.807) is 0 Å². The average Bonchev–Trinajstić information content (AvgIpc) is 1.96. The zero-order chi connectivity index (χ0) is 9.56. The van der Waals surface area contributed by atoms with Crippen LogP contribution in [0.3, 0.4) is 0 Å². The Morgan fingerprint density at radius 1 is 1.33 bits per heavy atom. The van der Waals surface area contributed by atoms with E-state index in [0.717, 1.165) is 12.5 Å². The van der Waals surface area contributed by atoms with E-state index >= 15 is 0 Å². The molecule has 1 N–H and O–H groups in total. The molecule has 1 heteroatoms. The van der Waals surface area contributed by atoms with Crippen LogP contribution in [-0.4, -0.2) is 12.6 Å². The third kappa shape index (κ3) is 7.80. The monoisotopic (exact) mass is 169 g/mol. The first-order valence-corrected chi connectivity index (χ1v) is 4.90. The van der Waals surface area contributed by atoms with Crippen molar-refractivity contribution >= 4 is 0 Å². The molecule has 0 heterocycles. The highest BCUT2D eigenvalue weighted by Crippen LogP contribution is 2.09. The van der Waals surface area contributed by atoms with Crippen LogP contribution in [0, 0.1) is 5.92 Å². The Bertz CT molecular complexity index is 127. The van der Waals surface area contributed by atoms with Crippen molar-refractivity contribution in [3.8, 4) is 0 Å². The molecule has 0 saturated heterocycles. The standard InChI is InChI=1S/C11H23N/c1-9(2)6-7-11(5)8-12-10(3)4/h10-12H,1,6-8H2,2-5H3. The number of rotatable bonds is 6. The number of allylic oxidation sites excluding steroid dienone is 1. The van der Waals surface area contributed by atoms with E-state index in [9.17, 15) is 0 Å². The second-order valence-corrected chi connectivity index (χ2v) is 4.16. The summed E-state index contributed by atoms with van der Waals surface area (Å²) < 4.78 is 0. The Morgan fingerprint density at radius 3 is 2.33 bits per heavy atom. The molecule has 0 radical (unpaired) electrons. The highest BCUT2D eigenvalue weighted by molar-refractivity contribution is 4.87. The lowest BCUT2D eigenvalue weighted by molar-refractivity contribution is 0.453. The molecule has 1 atom stereocenters. The summed E-state index contributed by atoms with van der Waals surface area (Å²) in [6.45, 7) is 13.8. The van der Waals surface area contributed by atoms with Crippen molar-refractivity contribution in [3.63, 3.8) is 0 Å². The molecule has 0 aliphatic heterocycles. The molecule has 0 aliphatic rings. The maximum absolute atomic E-state index is 3.90. The summed E-state index contributed by atoms with van der Waals surface area (Å²) in [5.41, 5.74) is 1.30. The summed E-state index contributed by atoms with van der Waals surface area (Å²) in [4.78, 5) is 0. The Hall–Kier alpha value is -0.300. The van der Waals surface area contributed by atoms with Gasteiger partial charge in [-0.3, -0.25) is 0 Å².